The fraction of sp³-hybridized carbons (Fsp3) is 0.286. The second kappa shape index (κ2) is 9.80. The largest absolute Gasteiger partial charge is 0.491 e. The number of aromatic nitrogens is 1. The van der Waals surface area contributed by atoms with Crippen LogP contribution in [0.4, 0.5) is 0 Å². The van der Waals surface area contributed by atoms with Gasteiger partial charge in [-0.25, -0.2) is 13.1 Å². The number of nitrogens with zero attached hydrogens (tertiary/aromatic N) is 1. The third-order valence-corrected chi connectivity index (χ3v) is 5.88. The first kappa shape index (κ1) is 21.2. The molecular formula is C21H25N3O4S. The molecule has 3 N–H and O–H groups in total. The molecule has 0 radical (unpaired) electrons. The average molecular weight is 416 g/mol. The minimum Gasteiger partial charge on any atom is -0.491 e. The molecule has 0 saturated carbocycles. The van der Waals surface area contributed by atoms with E-state index in [2.05, 4.69) is 15.0 Å². The third-order valence-electron chi connectivity index (χ3n) is 4.29. The number of sulfonamides is 1. The Morgan fingerprint density at radius 3 is 2.66 bits per heavy atom. The predicted molar refractivity (Wildman–Crippen MR) is 112 cm³/mol. The Hall–Kier alpha value is -2.52. The molecule has 7 nitrogen and oxygen atoms in total. The molecule has 0 saturated heterocycles. The van der Waals surface area contributed by atoms with Crippen molar-refractivity contribution in [3.8, 4) is 5.75 Å². The molecule has 1 aromatic heterocycles. The van der Waals surface area contributed by atoms with Gasteiger partial charge in [-0.15, -0.1) is 0 Å². The summed E-state index contributed by atoms with van der Waals surface area (Å²) in [5, 5.41) is 14.8. The van der Waals surface area contributed by atoms with Crippen molar-refractivity contribution >= 4 is 20.8 Å². The fourth-order valence-electron chi connectivity index (χ4n) is 2.84. The molecule has 2 atom stereocenters. The maximum absolute atomic E-state index is 12.6. The van der Waals surface area contributed by atoms with Gasteiger partial charge in [0.25, 0.3) is 0 Å². The maximum atomic E-state index is 12.6. The van der Waals surface area contributed by atoms with Gasteiger partial charge in [0.1, 0.15) is 18.5 Å². The van der Waals surface area contributed by atoms with Gasteiger partial charge in [-0.05, 0) is 42.6 Å². The van der Waals surface area contributed by atoms with Gasteiger partial charge in [-0.2, -0.15) is 0 Å². The van der Waals surface area contributed by atoms with E-state index in [0.717, 1.165) is 10.8 Å². The highest BCUT2D eigenvalue weighted by atomic mass is 32.2. The van der Waals surface area contributed by atoms with Crippen LogP contribution in [-0.4, -0.2) is 50.4 Å². The van der Waals surface area contributed by atoms with Gasteiger partial charge in [-0.1, -0.05) is 24.3 Å². The highest BCUT2D eigenvalue weighted by molar-refractivity contribution is 7.89. The zero-order chi connectivity index (χ0) is 20.7. The van der Waals surface area contributed by atoms with Crippen molar-refractivity contribution in [1.82, 2.24) is 15.0 Å². The summed E-state index contributed by atoms with van der Waals surface area (Å²) < 4.78 is 33.4. The van der Waals surface area contributed by atoms with E-state index in [-0.39, 0.29) is 17.5 Å². The Balaban J connectivity index is 1.45. The van der Waals surface area contributed by atoms with Gasteiger partial charge >= 0.3 is 0 Å². The predicted octanol–water partition coefficient (Wildman–Crippen LogP) is 1.93. The van der Waals surface area contributed by atoms with E-state index in [1.807, 2.05) is 30.3 Å². The number of aliphatic hydroxyl groups excluding tert-OH is 1. The van der Waals surface area contributed by atoms with Crippen LogP contribution in [0.15, 0.2) is 71.9 Å². The van der Waals surface area contributed by atoms with Crippen molar-refractivity contribution < 1.29 is 18.3 Å². The van der Waals surface area contributed by atoms with Crippen molar-refractivity contribution in [2.75, 3.05) is 19.7 Å². The van der Waals surface area contributed by atoms with Crippen LogP contribution in [0.5, 0.6) is 5.75 Å². The highest BCUT2D eigenvalue weighted by Crippen LogP contribution is 2.18. The van der Waals surface area contributed by atoms with Crippen LogP contribution in [-0.2, 0) is 10.0 Å². The van der Waals surface area contributed by atoms with Crippen molar-refractivity contribution in [2.45, 2.75) is 24.0 Å². The summed E-state index contributed by atoms with van der Waals surface area (Å²) in [5.41, 5.74) is 0. The lowest BCUT2D eigenvalue weighted by Crippen LogP contribution is -2.42. The zero-order valence-corrected chi connectivity index (χ0v) is 17.0. The molecule has 0 fully saturated rings. The summed E-state index contributed by atoms with van der Waals surface area (Å²) in [5.74, 6) is 0.693. The Kier molecular flexibility index (Phi) is 7.16. The van der Waals surface area contributed by atoms with E-state index in [1.165, 1.54) is 0 Å². The van der Waals surface area contributed by atoms with Crippen molar-refractivity contribution in [3.63, 3.8) is 0 Å². The Morgan fingerprint density at radius 2 is 1.86 bits per heavy atom. The third kappa shape index (κ3) is 6.23. The number of para-hydroxylation sites is 1. The van der Waals surface area contributed by atoms with Crippen molar-refractivity contribution in [3.05, 3.63) is 67.0 Å². The first-order chi connectivity index (χ1) is 13.9. The van der Waals surface area contributed by atoms with Crippen molar-refractivity contribution in [1.29, 1.82) is 0 Å². The number of nitrogens with one attached hydrogen (secondary N) is 2. The SMILES string of the molecule is C[C@H](CNCC(O)COc1ccccc1)NS(=O)(=O)c1ccc2cnccc2c1. The molecule has 1 heterocycles. The molecule has 0 aliphatic heterocycles. The lowest BCUT2D eigenvalue weighted by atomic mass is 10.2. The van der Waals surface area contributed by atoms with Crippen LogP contribution < -0.4 is 14.8 Å². The van der Waals surface area contributed by atoms with E-state index < -0.39 is 16.1 Å². The summed E-state index contributed by atoms with van der Waals surface area (Å²) in [7, 11) is -3.65. The number of hydrogen-bond acceptors (Lipinski definition) is 6. The Bertz CT molecular complexity index is 1030. The van der Waals surface area contributed by atoms with Gasteiger partial charge in [-0.3, -0.25) is 4.98 Å². The molecule has 2 aromatic carbocycles. The van der Waals surface area contributed by atoms with E-state index in [0.29, 0.717) is 18.8 Å². The monoisotopic (exact) mass is 415 g/mol. The van der Waals surface area contributed by atoms with Crippen LogP contribution in [0.2, 0.25) is 0 Å². The van der Waals surface area contributed by atoms with Crippen LogP contribution in [0.25, 0.3) is 10.8 Å². The fourth-order valence-corrected chi connectivity index (χ4v) is 4.12. The second-order valence-electron chi connectivity index (χ2n) is 6.84. The number of rotatable bonds is 10. The minimum atomic E-state index is -3.65. The number of aliphatic hydroxyl groups is 1. The maximum Gasteiger partial charge on any atom is 0.240 e. The van der Waals surface area contributed by atoms with Crippen LogP contribution >= 0.6 is 0 Å². The number of hydrogen-bond donors (Lipinski definition) is 3. The van der Waals surface area contributed by atoms with Gasteiger partial charge in [0, 0.05) is 36.9 Å². The molecule has 0 spiro atoms. The molecule has 29 heavy (non-hydrogen) atoms. The average Bonchev–Trinajstić information content (AvgIpc) is 2.72. The molecule has 8 heteroatoms. The molecular weight excluding hydrogens is 390 g/mol. The number of pyridine rings is 1. The van der Waals surface area contributed by atoms with E-state index in [1.54, 1.807) is 43.6 Å². The second-order valence-corrected chi connectivity index (χ2v) is 8.56. The summed E-state index contributed by atoms with van der Waals surface area (Å²) in [6.07, 6.45) is 2.62. The molecule has 0 aliphatic carbocycles. The minimum absolute atomic E-state index is 0.156. The first-order valence-corrected chi connectivity index (χ1v) is 10.8. The standard InChI is InChI=1S/C21H25N3O4S/c1-16(12-23-14-19(25)15-28-20-5-3-2-4-6-20)24-29(26,27)21-8-7-18-13-22-10-9-17(18)11-21/h2-11,13,16,19,23-25H,12,14-15H2,1H3/t16-,19?/m1/s1. The zero-order valence-electron chi connectivity index (χ0n) is 16.2. The van der Waals surface area contributed by atoms with Crippen molar-refractivity contribution in [2.24, 2.45) is 0 Å². The van der Waals surface area contributed by atoms with Gasteiger partial charge in [0.2, 0.25) is 10.0 Å². The summed E-state index contributed by atoms with van der Waals surface area (Å²) in [4.78, 5) is 4.24. The summed E-state index contributed by atoms with van der Waals surface area (Å²) >= 11 is 0. The van der Waals surface area contributed by atoms with Crippen LogP contribution in [0.3, 0.4) is 0 Å². The van der Waals surface area contributed by atoms with E-state index in [4.69, 9.17) is 4.74 Å². The number of ether oxygens (including phenoxy) is 1. The normalized spacial score (nSPS) is 13.9. The molecule has 1 unspecified atom stereocenters. The lowest BCUT2D eigenvalue weighted by molar-refractivity contribution is 0.106. The summed E-state index contributed by atoms with van der Waals surface area (Å²) in [6.45, 7) is 2.59. The molecule has 3 aromatic rings. The number of benzene rings is 2. The van der Waals surface area contributed by atoms with Gasteiger partial charge < -0.3 is 15.2 Å². The first-order valence-electron chi connectivity index (χ1n) is 9.37. The van der Waals surface area contributed by atoms with Crippen LogP contribution in [0, 0.1) is 0 Å². The molecule has 0 bridgehead atoms. The lowest BCUT2D eigenvalue weighted by Gasteiger charge is -2.17. The molecule has 0 amide bonds. The Morgan fingerprint density at radius 1 is 1.07 bits per heavy atom. The van der Waals surface area contributed by atoms with Gasteiger partial charge in [0.05, 0.1) is 4.90 Å². The number of fused-ring (bicyclic) bond motifs is 1. The molecule has 3 rings (SSSR count). The summed E-state index contributed by atoms with van der Waals surface area (Å²) in [6, 6.07) is 15.6. The topological polar surface area (TPSA) is 101 Å². The quantitative estimate of drug-likeness (QED) is 0.468. The van der Waals surface area contributed by atoms with Gasteiger partial charge in [0.15, 0.2) is 0 Å². The Labute approximate surface area is 170 Å². The molecule has 0 aliphatic rings. The van der Waals surface area contributed by atoms with E-state index in [9.17, 15) is 13.5 Å². The molecule has 154 valence electrons. The smallest absolute Gasteiger partial charge is 0.240 e. The highest BCUT2D eigenvalue weighted by Gasteiger charge is 2.18. The van der Waals surface area contributed by atoms with E-state index >= 15 is 0 Å². The van der Waals surface area contributed by atoms with Crippen LogP contribution in [0.1, 0.15) is 6.92 Å².